The Balaban J connectivity index is 0.000000479. The number of nitrogens with zero attached hydrogens (tertiary/aromatic N) is 1. The highest BCUT2D eigenvalue weighted by Crippen LogP contribution is 2.30. The molecular weight excluding hydrogens is 533 g/mol. The number of carbonyl (C=O) groups is 2. The highest BCUT2D eigenvalue weighted by Gasteiger charge is 2.38. The van der Waals surface area contributed by atoms with E-state index in [0.29, 0.717) is 25.1 Å². The molecule has 0 aliphatic carbocycles. The lowest BCUT2D eigenvalue weighted by molar-refractivity contribution is -0.192. The van der Waals surface area contributed by atoms with Crippen LogP contribution in [0.2, 0.25) is 0 Å². The number of sulfonamides is 1. The van der Waals surface area contributed by atoms with E-state index in [1.807, 2.05) is 31.2 Å². The zero-order valence-corrected chi connectivity index (χ0v) is 21.0. The summed E-state index contributed by atoms with van der Waals surface area (Å²) in [5, 5.41) is 15.5. The Morgan fingerprint density at radius 2 is 1.92 bits per heavy atom. The predicted octanol–water partition coefficient (Wildman–Crippen LogP) is 3.21. The minimum atomic E-state index is -5.08. The maximum Gasteiger partial charge on any atom is 0.490 e. The highest BCUT2D eigenvalue weighted by molar-refractivity contribution is 7.91. The lowest BCUT2D eigenvalue weighted by atomic mass is 10.1. The molecule has 2 aromatic carbocycles. The van der Waals surface area contributed by atoms with Gasteiger partial charge in [-0.15, -0.1) is 11.3 Å². The summed E-state index contributed by atoms with van der Waals surface area (Å²) in [4.78, 5) is 23.3. The summed E-state index contributed by atoms with van der Waals surface area (Å²) in [7, 11) is -3.79. The summed E-state index contributed by atoms with van der Waals surface area (Å²) in [6.45, 7) is 2.77. The largest absolute Gasteiger partial charge is 0.490 e. The topological polar surface area (TPSA) is 154 Å². The first-order valence-electron chi connectivity index (χ1n) is 10.7. The molecule has 2 heterocycles. The van der Waals surface area contributed by atoms with Crippen molar-refractivity contribution in [1.29, 1.82) is 5.41 Å². The summed E-state index contributed by atoms with van der Waals surface area (Å²) in [5.41, 5.74) is 8.03. The van der Waals surface area contributed by atoms with Crippen LogP contribution in [0.15, 0.2) is 52.7 Å². The van der Waals surface area contributed by atoms with E-state index in [0.717, 1.165) is 21.2 Å². The number of amides is 1. The van der Waals surface area contributed by atoms with Crippen LogP contribution in [0, 0.1) is 12.3 Å². The van der Waals surface area contributed by atoms with E-state index >= 15 is 0 Å². The van der Waals surface area contributed by atoms with E-state index in [1.54, 1.807) is 29.2 Å². The average Bonchev–Trinajstić information content (AvgIpc) is 3.38. The number of thiophene rings is 1. The number of hydrogen-bond acceptors (Lipinski definition) is 6. The third-order valence-electron chi connectivity index (χ3n) is 5.36. The molecule has 1 saturated heterocycles. The molecule has 0 unspecified atom stereocenters. The smallest absolute Gasteiger partial charge is 0.475 e. The lowest BCUT2D eigenvalue weighted by Gasteiger charge is -2.17. The van der Waals surface area contributed by atoms with E-state index in [9.17, 15) is 26.4 Å². The number of likely N-dealkylation sites (tertiary alicyclic amines) is 1. The number of nitrogen functional groups attached to an aromatic ring is 1. The van der Waals surface area contributed by atoms with E-state index in [1.165, 1.54) is 11.3 Å². The first kappa shape index (κ1) is 28.1. The number of alkyl halides is 3. The fourth-order valence-corrected chi connectivity index (χ4v) is 6.20. The van der Waals surface area contributed by atoms with E-state index < -0.39 is 28.2 Å². The molecule has 37 heavy (non-hydrogen) atoms. The van der Waals surface area contributed by atoms with Gasteiger partial charge in [0.05, 0.1) is 0 Å². The Bertz CT molecular complexity index is 1450. The summed E-state index contributed by atoms with van der Waals surface area (Å²) in [5.74, 6) is -3.04. The van der Waals surface area contributed by atoms with Crippen LogP contribution in [-0.4, -0.2) is 54.9 Å². The van der Waals surface area contributed by atoms with Gasteiger partial charge in [0.15, 0.2) is 0 Å². The first-order valence-corrected chi connectivity index (χ1v) is 13.0. The van der Waals surface area contributed by atoms with Crippen molar-refractivity contribution in [3.63, 3.8) is 0 Å². The van der Waals surface area contributed by atoms with Crippen molar-refractivity contribution in [3.05, 3.63) is 65.2 Å². The second kappa shape index (κ2) is 10.9. The fraction of sp³-hybridized carbons (Fsp3) is 0.261. The van der Waals surface area contributed by atoms with Crippen molar-refractivity contribution in [1.82, 2.24) is 9.62 Å². The average molecular weight is 557 g/mol. The number of fused-ring (bicyclic) bond motifs is 1. The van der Waals surface area contributed by atoms with Gasteiger partial charge in [0.1, 0.15) is 16.1 Å². The summed E-state index contributed by atoms with van der Waals surface area (Å²) >= 11 is 1.20. The van der Waals surface area contributed by atoms with Gasteiger partial charge >= 0.3 is 12.1 Å². The molecule has 1 aliphatic rings. The van der Waals surface area contributed by atoms with Crippen LogP contribution in [-0.2, 0) is 26.2 Å². The predicted molar refractivity (Wildman–Crippen MR) is 132 cm³/mol. The quantitative estimate of drug-likeness (QED) is 0.270. The standard InChI is InChI=1S/C21H22N4O3S2.C2HF3O2/c1-13-5-6-18-16(9-13)11-19(29-18)30(27,28)24-17-7-8-25(21(17)26)12-14-3-2-4-15(10-14)20(22)23;3-2(4,5)1(6)7/h2-6,9-11,17,24H,7-8,12H2,1H3,(H3,22,23);(H,6,7)/t17-;/m0./s1. The van der Waals surface area contributed by atoms with Gasteiger partial charge in [0.25, 0.3) is 10.0 Å². The van der Waals surface area contributed by atoms with Gasteiger partial charge in [-0.1, -0.05) is 35.9 Å². The van der Waals surface area contributed by atoms with Crippen LogP contribution in [0.4, 0.5) is 13.2 Å². The van der Waals surface area contributed by atoms with Crippen molar-refractivity contribution in [3.8, 4) is 0 Å². The molecule has 0 spiro atoms. The molecule has 1 aliphatic heterocycles. The maximum absolute atomic E-state index is 12.9. The molecule has 1 amide bonds. The number of nitrogens with two attached hydrogens (primary N) is 1. The highest BCUT2D eigenvalue weighted by atomic mass is 32.2. The molecule has 5 N–H and O–H groups in total. The molecule has 1 atom stereocenters. The summed E-state index contributed by atoms with van der Waals surface area (Å²) in [6.07, 6.45) is -4.67. The van der Waals surface area contributed by atoms with Crippen LogP contribution in [0.5, 0.6) is 0 Å². The van der Waals surface area contributed by atoms with E-state index in [-0.39, 0.29) is 16.0 Å². The van der Waals surface area contributed by atoms with Gasteiger partial charge in [-0.25, -0.2) is 13.2 Å². The number of carboxylic acids is 1. The minimum absolute atomic E-state index is 0.0336. The van der Waals surface area contributed by atoms with Gasteiger partial charge in [0, 0.05) is 23.4 Å². The molecule has 1 fully saturated rings. The Kier molecular flexibility index (Phi) is 8.25. The van der Waals surface area contributed by atoms with Crippen molar-refractivity contribution < 1.29 is 36.3 Å². The van der Waals surface area contributed by atoms with Crippen LogP contribution in [0.25, 0.3) is 10.1 Å². The van der Waals surface area contributed by atoms with Gasteiger partial charge < -0.3 is 15.7 Å². The molecule has 14 heteroatoms. The number of nitrogens with one attached hydrogen (secondary N) is 2. The normalized spacial score (nSPS) is 15.9. The monoisotopic (exact) mass is 556 g/mol. The minimum Gasteiger partial charge on any atom is -0.475 e. The number of aryl methyl sites for hydroxylation is 1. The number of halogens is 3. The fourth-order valence-electron chi connectivity index (χ4n) is 3.58. The SMILES string of the molecule is Cc1ccc2sc(S(=O)(=O)N[C@H]3CCN(Cc4cccc(C(=N)N)c4)C3=O)cc2c1.O=C(O)C(F)(F)F. The molecule has 198 valence electrons. The number of benzene rings is 2. The van der Waals surface area contributed by atoms with Gasteiger partial charge in [-0.05, 0) is 42.5 Å². The van der Waals surface area contributed by atoms with Crippen LogP contribution in [0.3, 0.4) is 0 Å². The zero-order valence-electron chi connectivity index (χ0n) is 19.4. The molecular formula is C23H23F3N4O5S2. The van der Waals surface area contributed by atoms with Crippen molar-refractivity contribution in [2.75, 3.05) is 6.54 Å². The van der Waals surface area contributed by atoms with E-state index in [4.69, 9.17) is 21.0 Å². The molecule has 0 radical (unpaired) electrons. The molecule has 3 aromatic rings. The van der Waals surface area contributed by atoms with Crippen molar-refractivity contribution >= 4 is 49.2 Å². The molecule has 0 bridgehead atoms. The van der Waals surface area contributed by atoms with Crippen molar-refractivity contribution in [2.24, 2.45) is 5.73 Å². The van der Waals surface area contributed by atoms with Crippen LogP contribution >= 0.6 is 11.3 Å². The third-order valence-corrected chi connectivity index (χ3v) is 8.42. The third kappa shape index (κ3) is 7.05. The van der Waals surface area contributed by atoms with Gasteiger partial charge in [-0.3, -0.25) is 10.2 Å². The van der Waals surface area contributed by atoms with Gasteiger partial charge in [0.2, 0.25) is 5.91 Å². The van der Waals surface area contributed by atoms with Crippen LogP contribution < -0.4 is 10.5 Å². The Labute approximate surface area is 214 Å². The van der Waals surface area contributed by atoms with E-state index in [2.05, 4.69) is 4.72 Å². The Hall–Kier alpha value is -3.49. The number of rotatable bonds is 6. The number of hydrogen-bond donors (Lipinski definition) is 4. The molecule has 4 rings (SSSR count). The number of carboxylic acid groups (broad SMARTS) is 1. The second-order valence-electron chi connectivity index (χ2n) is 8.25. The van der Waals surface area contributed by atoms with Gasteiger partial charge in [-0.2, -0.15) is 17.9 Å². The Morgan fingerprint density at radius 1 is 1.24 bits per heavy atom. The summed E-state index contributed by atoms with van der Waals surface area (Å²) < 4.78 is 61.1. The second-order valence-corrected chi connectivity index (χ2v) is 11.3. The van der Waals surface area contributed by atoms with Crippen molar-refractivity contribution in [2.45, 2.75) is 36.3 Å². The number of aliphatic carboxylic acids is 1. The van der Waals surface area contributed by atoms with Crippen LogP contribution in [0.1, 0.15) is 23.1 Å². The lowest BCUT2D eigenvalue weighted by Crippen LogP contribution is -2.41. The maximum atomic E-state index is 12.9. The zero-order chi connectivity index (χ0) is 27.5. The Morgan fingerprint density at radius 3 is 2.54 bits per heavy atom. The molecule has 9 nitrogen and oxygen atoms in total. The molecule has 0 saturated carbocycles. The molecule has 1 aromatic heterocycles. The summed E-state index contributed by atoms with van der Waals surface area (Å²) in [6, 6.07) is 13.8. The number of amidine groups is 1. The first-order chi connectivity index (χ1) is 17.2. The number of carbonyl (C=O) groups excluding carboxylic acids is 1.